The minimum Gasteiger partial charge on any atom is -0.302 e. The number of nitrogens with zero attached hydrogens (tertiary/aromatic N) is 2. The number of rotatable bonds is 4. The monoisotopic (exact) mass is 188 g/mol. The van der Waals surface area contributed by atoms with Crippen LogP contribution in [-0.2, 0) is 4.79 Å². The van der Waals surface area contributed by atoms with Crippen LogP contribution in [0, 0.1) is 17.2 Å². The maximum Gasteiger partial charge on any atom is 0.166 e. The van der Waals surface area contributed by atoms with Crippen molar-refractivity contribution >= 4 is 12.1 Å². The van der Waals surface area contributed by atoms with Gasteiger partial charge in [-0.15, -0.1) is 0 Å². The van der Waals surface area contributed by atoms with E-state index in [0.717, 1.165) is 0 Å². The minimum absolute atomic E-state index is 0.0777. The van der Waals surface area contributed by atoms with E-state index < -0.39 is 5.92 Å². The van der Waals surface area contributed by atoms with Gasteiger partial charge in [-0.25, -0.2) is 0 Å². The molecule has 0 saturated carbocycles. The Balaban J connectivity index is 2.69. The molecule has 0 amide bonds. The highest BCUT2D eigenvalue weighted by Gasteiger charge is 2.13. The van der Waals surface area contributed by atoms with Crippen LogP contribution >= 0.6 is 0 Å². The predicted molar refractivity (Wildman–Crippen MR) is 48.4 cm³/mol. The first kappa shape index (κ1) is 10.1. The highest BCUT2D eigenvalue weighted by Crippen LogP contribution is 2.06. The van der Waals surface area contributed by atoms with Crippen LogP contribution in [0.2, 0.25) is 0 Å². The van der Waals surface area contributed by atoms with E-state index in [-0.39, 0.29) is 12.2 Å². The van der Waals surface area contributed by atoms with Crippen molar-refractivity contribution in [1.29, 1.82) is 5.26 Å². The Labute approximate surface area is 81.2 Å². The van der Waals surface area contributed by atoms with Crippen molar-refractivity contribution in [3.05, 3.63) is 30.1 Å². The van der Waals surface area contributed by atoms with E-state index >= 15 is 0 Å². The molecule has 1 atom stereocenters. The number of aldehydes is 1. The number of aromatic nitrogens is 1. The van der Waals surface area contributed by atoms with Gasteiger partial charge in [0.2, 0.25) is 0 Å². The van der Waals surface area contributed by atoms with E-state index in [4.69, 9.17) is 5.26 Å². The van der Waals surface area contributed by atoms with Crippen LogP contribution in [0.25, 0.3) is 0 Å². The summed E-state index contributed by atoms with van der Waals surface area (Å²) in [4.78, 5) is 25.5. The summed E-state index contributed by atoms with van der Waals surface area (Å²) in [6.07, 6.45) is 3.37. The summed E-state index contributed by atoms with van der Waals surface area (Å²) in [6, 6.07) is 4.98. The number of carbonyl (C=O) groups excluding carboxylic acids is 2. The molecule has 0 aromatic carbocycles. The van der Waals surface area contributed by atoms with Crippen molar-refractivity contribution in [3.63, 3.8) is 0 Å². The molecule has 1 aromatic rings. The molecule has 0 radical (unpaired) electrons. The largest absolute Gasteiger partial charge is 0.302 e. The fourth-order valence-electron chi connectivity index (χ4n) is 0.969. The molecule has 0 fully saturated rings. The highest BCUT2D eigenvalue weighted by molar-refractivity contribution is 5.97. The van der Waals surface area contributed by atoms with Gasteiger partial charge in [0.15, 0.2) is 5.78 Å². The van der Waals surface area contributed by atoms with Gasteiger partial charge >= 0.3 is 0 Å². The molecule has 0 aliphatic heterocycles. The van der Waals surface area contributed by atoms with Gasteiger partial charge < -0.3 is 4.79 Å². The molecule has 1 heterocycles. The molecule has 1 rings (SSSR count). The minimum atomic E-state index is -0.859. The van der Waals surface area contributed by atoms with Crippen molar-refractivity contribution in [3.8, 4) is 6.07 Å². The number of ketones is 1. The zero-order valence-corrected chi connectivity index (χ0v) is 7.38. The van der Waals surface area contributed by atoms with Gasteiger partial charge in [-0.2, -0.15) is 5.26 Å². The zero-order chi connectivity index (χ0) is 10.4. The normalized spacial score (nSPS) is 11.4. The molecular formula is C10H8N2O2. The van der Waals surface area contributed by atoms with Gasteiger partial charge in [-0.3, -0.25) is 9.78 Å². The second kappa shape index (κ2) is 4.87. The van der Waals surface area contributed by atoms with Gasteiger partial charge in [-0.05, 0) is 12.1 Å². The van der Waals surface area contributed by atoms with Crippen LogP contribution in [-0.4, -0.2) is 17.1 Å². The summed E-state index contributed by atoms with van der Waals surface area (Å²) in [6.45, 7) is 0. The summed E-state index contributed by atoms with van der Waals surface area (Å²) in [5.41, 5.74) is 0.426. The number of pyridine rings is 1. The lowest BCUT2D eigenvalue weighted by atomic mass is 10.0. The first-order valence-corrected chi connectivity index (χ1v) is 4.06. The maximum atomic E-state index is 11.4. The third-order valence-corrected chi connectivity index (χ3v) is 1.72. The molecule has 0 aliphatic rings. The zero-order valence-electron chi connectivity index (χ0n) is 7.38. The Morgan fingerprint density at radius 1 is 1.71 bits per heavy atom. The molecule has 0 aliphatic carbocycles. The van der Waals surface area contributed by atoms with Crippen LogP contribution in [0.3, 0.4) is 0 Å². The number of carbonyl (C=O) groups is 2. The molecule has 1 unspecified atom stereocenters. The highest BCUT2D eigenvalue weighted by atomic mass is 16.1. The molecule has 14 heavy (non-hydrogen) atoms. The molecule has 4 heteroatoms. The van der Waals surface area contributed by atoms with Crippen LogP contribution in [0.4, 0.5) is 0 Å². The molecule has 0 saturated heterocycles. The molecular weight excluding hydrogens is 180 g/mol. The number of Topliss-reactive ketones (excluding diaryl/α,β-unsaturated/α-hetero) is 1. The molecule has 0 bridgehead atoms. The van der Waals surface area contributed by atoms with Crippen LogP contribution < -0.4 is 0 Å². The van der Waals surface area contributed by atoms with Crippen LogP contribution in [0.15, 0.2) is 24.5 Å². The standard InChI is InChI=1S/C10H8N2O2/c11-5-8(7-13)4-10(14)9-2-1-3-12-6-9/h1-3,6-8H,4H2. The topological polar surface area (TPSA) is 70.8 Å². The number of hydrogen-bond donors (Lipinski definition) is 0. The third kappa shape index (κ3) is 2.49. The Bertz CT molecular complexity index is 367. The maximum absolute atomic E-state index is 11.4. The lowest BCUT2D eigenvalue weighted by Gasteiger charge is -1.99. The Kier molecular flexibility index (Phi) is 3.50. The third-order valence-electron chi connectivity index (χ3n) is 1.72. The van der Waals surface area contributed by atoms with Gasteiger partial charge in [-0.1, -0.05) is 0 Å². The average Bonchev–Trinajstić information content (AvgIpc) is 2.26. The molecule has 70 valence electrons. The first-order valence-electron chi connectivity index (χ1n) is 4.06. The lowest BCUT2D eigenvalue weighted by Crippen LogP contribution is -2.08. The fraction of sp³-hybridized carbons (Fsp3) is 0.200. The lowest BCUT2D eigenvalue weighted by molar-refractivity contribution is -0.109. The molecule has 1 aromatic heterocycles. The van der Waals surface area contributed by atoms with E-state index in [9.17, 15) is 9.59 Å². The fourth-order valence-corrected chi connectivity index (χ4v) is 0.969. The Morgan fingerprint density at radius 3 is 3.00 bits per heavy atom. The number of nitriles is 1. The van der Waals surface area contributed by atoms with Gasteiger partial charge in [0, 0.05) is 24.4 Å². The quantitative estimate of drug-likeness (QED) is 0.521. The van der Waals surface area contributed by atoms with E-state index in [1.54, 1.807) is 24.4 Å². The van der Waals surface area contributed by atoms with Crippen molar-refractivity contribution in [2.75, 3.05) is 0 Å². The summed E-state index contributed by atoms with van der Waals surface area (Å²) in [7, 11) is 0. The van der Waals surface area contributed by atoms with Crippen LogP contribution in [0.5, 0.6) is 0 Å². The second-order valence-corrected chi connectivity index (χ2v) is 2.74. The average molecular weight is 188 g/mol. The first-order chi connectivity index (χ1) is 6.77. The van der Waals surface area contributed by atoms with E-state index in [2.05, 4.69) is 4.98 Å². The summed E-state index contributed by atoms with van der Waals surface area (Å²) < 4.78 is 0. The summed E-state index contributed by atoms with van der Waals surface area (Å²) in [5.74, 6) is -1.10. The van der Waals surface area contributed by atoms with Crippen molar-refractivity contribution in [2.24, 2.45) is 5.92 Å². The SMILES string of the molecule is N#CC(C=O)CC(=O)c1cccnc1. The Hall–Kier alpha value is -2.02. The second-order valence-electron chi connectivity index (χ2n) is 2.74. The van der Waals surface area contributed by atoms with E-state index in [0.29, 0.717) is 11.8 Å². The van der Waals surface area contributed by atoms with Crippen molar-refractivity contribution in [1.82, 2.24) is 4.98 Å². The summed E-state index contributed by atoms with van der Waals surface area (Å²) >= 11 is 0. The molecule has 0 spiro atoms. The predicted octanol–water partition coefficient (Wildman–Crippen LogP) is 0.993. The van der Waals surface area contributed by atoms with Crippen molar-refractivity contribution < 1.29 is 9.59 Å². The molecule has 0 N–H and O–H groups in total. The Morgan fingerprint density at radius 2 is 2.50 bits per heavy atom. The molecule has 4 nitrogen and oxygen atoms in total. The number of hydrogen-bond acceptors (Lipinski definition) is 4. The van der Waals surface area contributed by atoms with Crippen LogP contribution in [0.1, 0.15) is 16.8 Å². The van der Waals surface area contributed by atoms with Crippen molar-refractivity contribution in [2.45, 2.75) is 6.42 Å². The van der Waals surface area contributed by atoms with E-state index in [1.807, 2.05) is 0 Å². The van der Waals surface area contributed by atoms with Gasteiger partial charge in [0.1, 0.15) is 12.2 Å². The van der Waals surface area contributed by atoms with E-state index in [1.165, 1.54) is 6.20 Å². The van der Waals surface area contributed by atoms with Gasteiger partial charge in [0.25, 0.3) is 0 Å². The van der Waals surface area contributed by atoms with Gasteiger partial charge in [0.05, 0.1) is 6.07 Å². The summed E-state index contributed by atoms with van der Waals surface area (Å²) in [5, 5.41) is 8.47. The smallest absolute Gasteiger partial charge is 0.166 e.